The highest BCUT2D eigenvalue weighted by molar-refractivity contribution is 7.92. The second kappa shape index (κ2) is 5.70. The molecule has 0 fully saturated rings. The highest BCUT2D eigenvalue weighted by Gasteiger charge is 2.15. The van der Waals surface area contributed by atoms with Gasteiger partial charge >= 0.3 is 5.97 Å². The molecule has 8 heteroatoms. The average Bonchev–Trinajstić information content (AvgIpc) is 2.27. The van der Waals surface area contributed by atoms with E-state index in [9.17, 15) is 18.0 Å². The largest absolute Gasteiger partial charge is 0.465 e. The number of hydrogen-bond acceptors (Lipinski definition) is 5. The van der Waals surface area contributed by atoms with Gasteiger partial charge in [-0.15, -0.1) is 0 Å². The maximum absolute atomic E-state index is 11.6. The maximum atomic E-state index is 11.6. The van der Waals surface area contributed by atoms with Gasteiger partial charge in [-0.3, -0.25) is 9.52 Å². The first-order valence-electron chi connectivity index (χ1n) is 5.20. The summed E-state index contributed by atoms with van der Waals surface area (Å²) < 4.78 is 29.2. The van der Waals surface area contributed by atoms with Crippen molar-refractivity contribution in [1.82, 2.24) is 0 Å². The Hall–Kier alpha value is -2.09. The van der Waals surface area contributed by atoms with Crippen LogP contribution in [0.3, 0.4) is 0 Å². The lowest BCUT2D eigenvalue weighted by Gasteiger charge is -2.11. The molecule has 2 N–H and O–H groups in total. The Morgan fingerprint density at radius 3 is 2.37 bits per heavy atom. The minimum absolute atomic E-state index is 0.0131. The summed E-state index contributed by atoms with van der Waals surface area (Å²) in [5.74, 6) is -1.02. The monoisotopic (exact) mass is 286 g/mol. The summed E-state index contributed by atoms with van der Waals surface area (Å²) in [5, 5.41) is 2.49. The van der Waals surface area contributed by atoms with Crippen molar-refractivity contribution in [1.29, 1.82) is 0 Å². The minimum Gasteiger partial charge on any atom is -0.465 e. The molecular weight excluding hydrogens is 272 g/mol. The molecule has 0 atom stereocenters. The third-order valence-corrected chi connectivity index (χ3v) is 2.63. The molecule has 0 heterocycles. The normalized spacial score (nSPS) is 10.7. The molecule has 0 aliphatic heterocycles. The molecule has 104 valence electrons. The van der Waals surface area contributed by atoms with Gasteiger partial charge in [-0.2, -0.15) is 0 Å². The van der Waals surface area contributed by atoms with Crippen LogP contribution in [0.15, 0.2) is 18.2 Å². The van der Waals surface area contributed by atoms with Crippen molar-refractivity contribution >= 4 is 33.3 Å². The van der Waals surface area contributed by atoms with Crippen LogP contribution < -0.4 is 10.0 Å². The first kappa shape index (κ1) is 15.0. The summed E-state index contributed by atoms with van der Waals surface area (Å²) in [7, 11) is -2.34. The number of carbonyl (C=O) groups excluding carboxylic acids is 2. The Labute approximate surface area is 111 Å². The predicted molar refractivity (Wildman–Crippen MR) is 70.6 cm³/mol. The lowest BCUT2D eigenvalue weighted by molar-refractivity contribution is -0.114. The van der Waals surface area contributed by atoms with Gasteiger partial charge in [0.1, 0.15) is 0 Å². The smallest absolute Gasteiger partial charge is 0.340 e. The molecule has 0 unspecified atom stereocenters. The molecule has 1 rings (SSSR count). The predicted octanol–water partition coefficient (Wildman–Crippen LogP) is 0.803. The van der Waals surface area contributed by atoms with Gasteiger partial charge in [-0.05, 0) is 18.2 Å². The molecule has 1 amide bonds. The third kappa shape index (κ3) is 4.59. The molecule has 0 bridgehead atoms. The zero-order valence-electron chi connectivity index (χ0n) is 10.7. The van der Waals surface area contributed by atoms with Gasteiger partial charge in [0.25, 0.3) is 0 Å². The topological polar surface area (TPSA) is 102 Å². The van der Waals surface area contributed by atoms with Crippen molar-refractivity contribution < 1.29 is 22.7 Å². The number of nitrogens with one attached hydrogen (secondary N) is 2. The number of anilines is 2. The van der Waals surface area contributed by atoms with Gasteiger partial charge in [-0.25, -0.2) is 13.2 Å². The van der Waals surface area contributed by atoms with E-state index in [1.165, 1.54) is 32.2 Å². The van der Waals surface area contributed by atoms with E-state index < -0.39 is 16.0 Å². The van der Waals surface area contributed by atoms with Crippen LogP contribution in [-0.4, -0.2) is 33.7 Å². The number of benzene rings is 1. The van der Waals surface area contributed by atoms with Gasteiger partial charge in [0, 0.05) is 12.6 Å². The highest BCUT2D eigenvalue weighted by Crippen LogP contribution is 2.22. The van der Waals surface area contributed by atoms with Gasteiger partial charge in [0.05, 0.1) is 24.6 Å². The Bertz CT molecular complexity index is 610. The molecule has 0 saturated carbocycles. The van der Waals surface area contributed by atoms with Gasteiger partial charge in [0.2, 0.25) is 15.9 Å². The van der Waals surface area contributed by atoms with Crippen molar-refractivity contribution in [3.63, 3.8) is 0 Å². The number of carbonyl (C=O) groups is 2. The molecule has 0 saturated heterocycles. The quantitative estimate of drug-likeness (QED) is 0.797. The van der Waals surface area contributed by atoms with Crippen LogP contribution in [0.4, 0.5) is 11.4 Å². The minimum atomic E-state index is -3.52. The summed E-state index contributed by atoms with van der Waals surface area (Å²) in [6.07, 6.45) is 0.968. The van der Waals surface area contributed by atoms with Gasteiger partial charge < -0.3 is 10.1 Å². The Morgan fingerprint density at radius 1 is 1.26 bits per heavy atom. The molecule has 7 nitrogen and oxygen atoms in total. The maximum Gasteiger partial charge on any atom is 0.340 e. The first-order chi connectivity index (χ1) is 8.73. The number of ether oxygens (including phenoxy) is 1. The van der Waals surface area contributed by atoms with E-state index in [-0.39, 0.29) is 17.2 Å². The molecule has 1 aromatic rings. The first-order valence-corrected chi connectivity index (χ1v) is 7.10. The zero-order valence-corrected chi connectivity index (χ0v) is 11.5. The molecule has 1 aromatic carbocycles. The fraction of sp³-hybridized carbons (Fsp3) is 0.273. The van der Waals surface area contributed by atoms with E-state index in [0.29, 0.717) is 5.69 Å². The van der Waals surface area contributed by atoms with Crippen LogP contribution in [0.25, 0.3) is 0 Å². The van der Waals surface area contributed by atoms with Gasteiger partial charge in [0.15, 0.2) is 0 Å². The van der Waals surface area contributed by atoms with Crippen LogP contribution in [0.2, 0.25) is 0 Å². The van der Waals surface area contributed by atoms with Crippen molar-refractivity contribution in [3.8, 4) is 0 Å². The van der Waals surface area contributed by atoms with Crippen LogP contribution in [0.1, 0.15) is 17.3 Å². The fourth-order valence-electron chi connectivity index (χ4n) is 1.39. The van der Waals surface area contributed by atoms with Crippen LogP contribution in [0.5, 0.6) is 0 Å². The van der Waals surface area contributed by atoms with Crippen LogP contribution in [0, 0.1) is 0 Å². The number of amides is 1. The molecule has 0 radical (unpaired) electrons. The Balaban J connectivity index is 3.24. The molecule has 0 spiro atoms. The number of esters is 1. The van der Waals surface area contributed by atoms with E-state index in [4.69, 9.17) is 0 Å². The third-order valence-electron chi connectivity index (χ3n) is 2.04. The summed E-state index contributed by atoms with van der Waals surface area (Å²) in [5.41, 5.74) is 0.467. The van der Waals surface area contributed by atoms with E-state index in [1.807, 2.05) is 0 Å². The summed E-state index contributed by atoms with van der Waals surface area (Å²) >= 11 is 0. The lowest BCUT2D eigenvalue weighted by Crippen LogP contribution is -2.15. The number of rotatable bonds is 4. The summed E-state index contributed by atoms with van der Waals surface area (Å²) in [4.78, 5) is 22.5. The van der Waals surface area contributed by atoms with Crippen LogP contribution >= 0.6 is 0 Å². The van der Waals surface area contributed by atoms with Crippen molar-refractivity contribution in [2.45, 2.75) is 6.92 Å². The number of methoxy groups -OCH3 is 1. The van der Waals surface area contributed by atoms with E-state index in [1.54, 1.807) is 0 Å². The lowest BCUT2D eigenvalue weighted by atomic mass is 10.1. The number of sulfonamides is 1. The van der Waals surface area contributed by atoms with E-state index in [0.717, 1.165) is 6.26 Å². The van der Waals surface area contributed by atoms with Crippen LogP contribution in [-0.2, 0) is 19.6 Å². The summed E-state index contributed by atoms with van der Waals surface area (Å²) in [6, 6.07) is 4.18. The van der Waals surface area contributed by atoms with Crippen molar-refractivity contribution in [2.75, 3.05) is 23.4 Å². The van der Waals surface area contributed by atoms with E-state index >= 15 is 0 Å². The second-order valence-corrected chi connectivity index (χ2v) is 5.56. The fourth-order valence-corrected chi connectivity index (χ4v) is 1.97. The summed E-state index contributed by atoms with van der Waals surface area (Å²) in [6.45, 7) is 1.32. The SMILES string of the molecule is COC(=O)c1cc(NC(C)=O)ccc1NS(C)(=O)=O. The van der Waals surface area contributed by atoms with Gasteiger partial charge in [-0.1, -0.05) is 0 Å². The number of hydrogen-bond donors (Lipinski definition) is 2. The molecule has 0 aliphatic rings. The zero-order chi connectivity index (χ0) is 14.6. The van der Waals surface area contributed by atoms with Crippen molar-refractivity contribution in [2.24, 2.45) is 0 Å². The highest BCUT2D eigenvalue weighted by atomic mass is 32.2. The Kier molecular flexibility index (Phi) is 4.49. The molecule has 0 aliphatic carbocycles. The molecule has 0 aromatic heterocycles. The van der Waals surface area contributed by atoms with Crippen molar-refractivity contribution in [3.05, 3.63) is 23.8 Å². The molecular formula is C11H14N2O5S. The average molecular weight is 286 g/mol. The second-order valence-electron chi connectivity index (χ2n) is 3.81. The molecule has 19 heavy (non-hydrogen) atoms. The van der Waals surface area contributed by atoms with E-state index in [2.05, 4.69) is 14.8 Å². The Morgan fingerprint density at radius 2 is 1.89 bits per heavy atom. The standard InChI is InChI=1S/C11H14N2O5S/c1-7(14)12-8-4-5-10(13-19(3,16)17)9(6-8)11(15)18-2/h4-6,13H,1-3H3,(H,12,14).